The first-order valence-corrected chi connectivity index (χ1v) is 11.7. The van der Waals surface area contributed by atoms with E-state index in [1.54, 1.807) is 46.9 Å². The second-order valence-corrected chi connectivity index (χ2v) is 15.2. The van der Waals surface area contributed by atoms with Crippen molar-refractivity contribution in [2.45, 2.75) is 0 Å². The van der Waals surface area contributed by atoms with E-state index in [-0.39, 0.29) is 0 Å². The fraction of sp³-hybridized carbons (Fsp3) is 1.00. The first-order chi connectivity index (χ1) is 6.13. The first kappa shape index (κ1) is 13.5. The summed E-state index contributed by atoms with van der Waals surface area (Å²) in [7, 11) is 1.81. The maximum Gasteiger partial charge on any atom is 0.435 e. The summed E-state index contributed by atoms with van der Waals surface area (Å²) in [5, 5.41) is 0. The molecule has 1 rings (SSSR count). The minimum Gasteiger partial charge on any atom is -0.229 e. The summed E-state index contributed by atoms with van der Waals surface area (Å²) in [6.07, 6.45) is 0. The number of nitrogens with zero attached hydrogens (tertiary/aromatic N) is 4. The van der Waals surface area contributed by atoms with Gasteiger partial charge in [0.25, 0.3) is 0 Å². The van der Waals surface area contributed by atoms with Gasteiger partial charge in [-0.2, -0.15) is 0 Å². The van der Waals surface area contributed by atoms with Gasteiger partial charge < -0.3 is 0 Å². The van der Waals surface area contributed by atoms with E-state index < -0.39 is 14.0 Å². The third-order valence-electron chi connectivity index (χ3n) is 2.46. The SMILES string of the molecule is CN1N(C)[Si](Cl)(Cl)N(C)N(C)[Si]1(Cl)Cl. The Balaban J connectivity index is 3.07. The van der Waals surface area contributed by atoms with E-state index in [1.165, 1.54) is 0 Å². The molecule has 1 heterocycles. The zero-order valence-corrected chi connectivity index (χ0v) is 13.3. The Hall–Kier alpha value is 1.43. The van der Waals surface area contributed by atoms with Crippen LogP contribution in [-0.4, -0.2) is 60.9 Å². The van der Waals surface area contributed by atoms with Gasteiger partial charge in [-0.1, -0.05) is 0 Å². The predicted molar refractivity (Wildman–Crippen MR) is 66.0 cm³/mol. The van der Waals surface area contributed by atoms with Gasteiger partial charge in [0, 0.05) is 0 Å². The van der Waals surface area contributed by atoms with Gasteiger partial charge in [0.1, 0.15) is 0 Å². The molecule has 0 saturated carbocycles. The molecule has 0 unspecified atom stereocenters. The van der Waals surface area contributed by atoms with Crippen molar-refractivity contribution in [3.63, 3.8) is 0 Å². The van der Waals surface area contributed by atoms with E-state index in [1.807, 2.05) is 0 Å². The van der Waals surface area contributed by atoms with Crippen molar-refractivity contribution in [3.05, 3.63) is 0 Å². The molecular formula is C4H12Cl4N4Si2. The van der Waals surface area contributed by atoms with E-state index in [2.05, 4.69) is 0 Å². The largest absolute Gasteiger partial charge is 0.435 e. The summed E-state index contributed by atoms with van der Waals surface area (Å²) in [6.45, 7) is 0. The van der Waals surface area contributed by atoms with Crippen LogP contribution in [-0.2, 0) is 0 Å². The Bertz CT molecular complexity index is 195. The van der Waals surface area contributed by atoms with Crippen LogP contribution in [0.5, 0.6) is 0 Å². The van der Waals surface area contributed by atoms with Crippen LogP contribution in [0.4, 0.5) is 0 Å². The van der Waals surface area contributed by atoms with Crippen LogP contribution in [0.15, 0.2) is 0 Å². The van der Waals surface area contributed by atoms with Crippen molar-refractivity contribution in [1.29, 1.82) is 0 Å². The minimum absolute atomic E-state index is 1.74. The van der Waals surface area contributed by atoms with E-state index in [0.717, 1.165) is 0 Å². The zero-order chi connectivity index (χ0) is 11.3. The molecule has 4 nitrogen and oxygen atoms in total. The molecule has 0 amide bonds. The molecule has 1 aliphatic heterocycles. The maximum atomic E-state index is 6.27. The Morgan fingerprint density at radius 2 is 0.714 bits per heavy atom. The van der Waals surface area contributed by atoms with Crippen molar-refractivity contribution in [2.24, 2.45) is 0 Å². The average molecular weight is 314 g/mol. The molecule has 0 atom stereocenters. The fourth-order valence-corrected chi connectivity index (χ4v) is 9.40. The van der Waals surface area contributed by atoms with E-state index in [0.29, 0.717) is 0 Å². The zero-order valence-electron chi connectivity index (χ0n) is 8.30. The molecule has 1 fully saturated rings. The quantitative estimate of drug-likeness (QED) is 0.495. The summed E-state index contributed by atoms with van der Waals surface area (Å²) in [5.41, 5.74) is 0. The van der Waals surface area contributed by atoms with Crippen LogP contribution in [0, 0.1) is 0 Å². The van der Waals surface area contributed by atoms with Gasteiger partial charge in [-0.05, 0) is 28.2 Å². The molecule has 0 aromatic rings. The summed E-state index contributed by atoms with van der Waals surface area (Å²) < 4.78 is 6.95. The molecule has 0 N–H and O–H groups in total. The third-order valence-corrected chi connectivity index (χ3v) is 13.0. The smallest absolute Gasteiger partial charge is 0.229 e. The van der Waals surface area contributed by atoms with Crippen molar-refractivity contribution in [1.82, 2.24) is 18.7 Å². The highest BCUT2D eigenvalue weighted by atomic mass is 35.7. The lowest BCUT2D eigenvalue weighted by molar-refractivity contribution is 0.0889. The summed E-state index contributed by atoms with van der Waals surface area (Å²) in [4.78, 5) is 0. The topological polar surface area (TPSA) is 13.0 Å². The maximum absolute atomic E-state index is 6.27. The molecule has 14 heavy (non-hydrogen) atoms. The molecule has 0 aromatic heterocycles. The van der Waals surface area contributed by atoms with Crippen LogP contribution < -0.4 is 0 Å². The van der Waals surface area contributed by atoms with Gasteiger partial charge in [0.2, 0.25) is 0 Å². The lowest BCUT2D eigenvalue weighted by atomic mass is 11.4. The molecule has 84 valence electrons. The van der Waals surface area contributed by atoms with E-state index >= 15 is 0 Å². The normalized spacial score (nSPS) is 30.9. The monoisotopic (exact) mass is 312 g/mol. The number of hydrogen-bond donors (Lipinski definition) is 0. The summed E-state index contributed by atoms with van der Waals surface area (Å²) in [6, 6.07) is 0. The third kappa shape index (κ3) is 1.86. The molecule has 0 spiro atoms. The van der Waals surface area contributed by atoms with Crippen molar-refractivity contribution in [2.75, 3.05) is 28.2 Å². The summed E-state index contributed by atoms with van der Waals surface area (Å²) in [5.74, 6) is 0. The van der Waals surface area contributed by atoms with Crippen LogP contribution in [0.2, 0.25) is 0 Å². The highest BCUT2D eigenvalue weighted by Crippen LogP contribution is 2.37. The second-order valence-electron chi connectivity index (χ2n) is 3.11. The Labute approximate surface area is 105 Å². The Kier molecular flexibility index (Phi) is 3.88. The highest BCUT2D eigenvalue weighted by Gasteiger charge is 2.59. The molecule has 0 radical (unpaired) electrons. The predicted octanol–water partition coefficient (Wildman–Crippen LogP) is 1.38. The van der Waals surface area contributed by atoms with Gasteiger partial charge in [0.05, 0.1) is 0 Å². The van der Waals surface area contributed by atoms with E-state index in [9.17, 15) is 0 Å². The minimum atomic E-state index is -2.68. The fourth-order valence-electron chi connectivity index (χ4n) is 1.14. The van der Waals surface area contributed by atoms with E-state index in [4.69, 9.17) is 44.3 Å². The highest BCUT2D eigenvalue weighted by molar-refractivity contribution is 7.46. The lowest BCUT2D eigenvalue weighted by Crippen LogP contribution is -2.79. The molecule has 0 aliphatic carbocycles. The molecule has 1 saturated heterocycles. The molecule has 0 aromatic carbocycles. The van der Waals surface area contributed by atoms with Gasteiger partial charge in [-0.15, -0.1) is 44.3 Å². The second kappa shape index (κ2) is 4.03. The van der Waals surface area contributed by atoms with Gasteiger partial charge in [-0.25, -0.2) is 18.7 Å². The van der Waals surface area contributed by atoms with Crippen molar-refractivity contribution >= 4 is 58.3 Å². The summed E-state index contributed by atoms with van der Waals surface area (Å²) >= 11 is 25.1. The molecule has 0 bridgehead atoms. The molecule has 1 aliphatic rings. The standard InChI is InChI=1S/C4H12Cl4N4Si2/c1-9-10(2)14(7,8)12(4)11(3)13(9,5)6/h1-4H3. The van der Waals surface area contributed by atoms with Gasteiger partial charge in [-0.3, -0.25) is 0 Å². The number of halogens is 4. The number of rotatable bonds is 0. The Morgan fingerprint density at radius 1 is 0.571 bits per heavy atom. The average Bonchev–Trinajstić information content (AvgIpc) is 2.11. The number of hydrazine groups is 2. The number of hydrogen-bond acceptors (Lipinski definition) is 4. The first-order valence-electron chi connectivity index (χ1n) is 3.84. The van der Waals surface area contributed by atoms with Gasteiger partial charge >= 0.3 is 14.0 Å². The van der Waals surface area contributed by atoms with Crippen LogP contribution in [0.1, 0.15) is 0 Å². The van der Waals surface area contributed by atoms with Crippen LogP contribution >= 0.6 is 44.3 Å². The van der Waals surface area contributed by atoms with Gasteiger partial charge in [0.15, 0.2) is 0 Å². The lowest BCUT2D eigenvalue weighted by Gasteiger charge is -2.55. The van der Waals surface area contributed by atoms with Crippen LogP contribution in [0.3, 0.4) is 0 Å². The Morgan fingerprint density at radius 3 is 0.857 bits per heavy atom. The van der Waals surface area contributed by atoms with Crippen LogP contribution in [0.25, 0.3) is 0 Å². The van der Waals surface area contributed by atoms with Crippen molar-refractivity contribution < 1.29 is 0 Å². The molecule has 10 heteroatoms. The molecular weight excluding hydrogens is 302 g/mol. The van der Waals surface area contributed by atoms with Crippen molar-refractivity contribution in [3.8, 4) is 0 Å².